The average Bonchev–Trinajstić information content (AvgIpc) is 2.84. The predicted octanol–water partition coefficient (Wildman–Crippen LogP) is 0.0824. The molecule has 21 heavy (non-hydrogen) atoms. The highest BCUT2D eigenvalue weighted by Gasteiger charge is 2.32. The Hall–Kier alpha value is -1.35. The molecule has 0 bridgehead atoms. The molecule has 0 spiro atoms. The third-order valence-electron chi connectivity index (χ3n) is 3.49. The maximum Gasteiger partial charge on any atom is 0.242 e. The molecule has 118 valence electrons. The van der Waals surface area contributed by atoms with Gasteiger partial charge in [-0.05, 0) is 18.2 Å². The molecule has 1 aromatic carbocycles. The Bertz CT molecular complexity index is 610. The Balaban J connectivity index is 2.13. The van der Waals surface area contributed by atoms with Crippen LogP contribution in [0.2, 0.25) is 0 Å². The monoisotopic (exact) mass is 315 g/mol. The standard InChI is InChI=1S/C13H21N3O4S/c1-16(2)21(18,19)10-3-4-12(11(14)7-10)15-8-13(17)5-6-20-9-13/h3-4,7,15,17H,5-6,8-9,14H2,1-2H3. The molecule has 1 aromatic rings. The minimum atomic E-state index is -3.50. The second-order valence-corrected chi connectivity index (χ2v) is 7.57. The van der Waals surface area contributed by atoms with Crippen LogP contribution < -0.4 is 11.1 Å². The first-order valence-corrected chi connectivity index (χ1v) is 8.05. The smallest absolute Gasteiger partial charge is 0.242 e. The van der Waals surface area contributed by atoms with Gasteiger partial charge in [0.15, 0.2) is 0 Å². The van der Waals surface area contributed by atoms with Gasteiger partial charge < -0.3 is 20.9 Å². The minimum Gasteiger partial charge on any atom is -0.397 e. The average molecular weight is 315 g/mol. The number of benzene rings is 1. The number of sulfonamides is 1. The van der Waals surface area contributed by atoms with Crippen molar-refractivity contribution in [3.63, 3.8) is 0 Å². The second-order valence-electron chi connectivity index (χ2n) is 5.42. The molecule has 8 heteroatoms. The molecule has 1 atom stereocenters. The summed E-state index contributed by atoms with van der Waals surface area (Å²) in [5, 5.41) is 13.2. The summed E-state index contributed by atoms with van der Waals surface area (Å²) in [5.41, 5.74) is 5.90. The van der Waals surface area contributed by atoms with Crippen molar-refractivity contribution in [1.82, 2.24) is 4.31 Å². The highest BCUT2D eigenvalue weighted by molar-refractivity contribution is 7.89. The van der Waals surface area contributed by atoms with Crippen molar-refractivity contribution >= 4 is 21.4 Å². The molecule has 0 aromatic heterocycles. The number of anilines is 2. The lowest BCUT2D eigenvalue weighted by atomic mass is 10.0. The van der Waals surface area contributed by atoms with E-state index in [1.807, 2.05) is 0 Å². The van der Waals surface area contributed by atoms with Crippen LogP contribution in [0.1, 0.15) is 6.42 Å². The number of nitrogen functional groups attached to an aromatic ring is 1. The summed E-state index contributed by atoms with van der Waals surface area (Å²) in [6, 6.07) is 4.50. The highest BCUT2D eigenvalue weighted by atomic mass is 32.2. The molecule has 0 radical (unpaired) electrons. The molecule has 1 aliphatic heterocycles. The van der Waals surface area contributed by atoms with Gasteiger partial charge >= 0.3 is 0 Å². The van der Waals surface area contributed by atoms with Gasteiger partial charge in [-0.3, -0.25) is 0 Å². The zero-order chi connectivity index (χ0) is 15.7. The van der Waals surface area contributed by atoms with Crippen molar-refractivity contribution in [2.24, 2.45) is 0 Å². The summed E-state index contributed by atoms with van der Waals surface area (Å²) in [4.78, 5) is 0.137. The summed E-state index contributed by atoms with van der Waals surface area (Å²) < 4.78 is 30.3. The summed E-state index contributed by atoms with van der Waals surface area (Å²) in [7, 11) is -0.572. The second kappa shape index (κ2) is 5.80. The van der Waals surface area contributed by atoms with Crippen molar-refractivity contribution < 1.29 is 18.3 Å². The number of hydrogen-bond acceptors (Lipinski definition) is 6. The van der Waals surface area contributed by atoms with Crippen LogP contribution in [0.4, 0.5) is 11.4 Å². The fourth-order valence-corrected chi connectivity index (χ4v) is 3.01. The topological polar surface area (TPSA) is 105 Å². The highest BCUT2D eigenvalue weighted by Crippen LogP contribution is 2.26. The van der Waals surface area contributed by atoms with E-state index in [0.29, 0.717) is 30.9 Å². The maximum atomic E-state index is 12.0. The van der Waals surface area contributed by atoms with Gasteiger partial charge in [0.2, 0.25) is 10.0 Å². The van der Waals surface area contributed by atoms with Crippen molar-refractivity contribution in [3.8, 4) is 0 Å². The number of nitrogens with two attached hydrogens (primary N) is 1. The van der Waals surface area contributed by atoms with E-state index in [0.717, 1.165) is 4.31 Å². The van der Waals surface area contributed by atoms with Crippen LogP contribution in [-0.4, -0.2) is 57.3 Å². The Morgan fingerprint density at radius 3 is 2.71 bits per heavy atom. The van der Waals surface area contributed by atoms with Crippen LogP contribution in [-0.2, 0) is 14.8 Å². The molecule has 1 unspecified atom stereocenters. The van der Waals surface area contributed by atoms with Crippen LogP contribution >= 0.6 is 0 Å². The van der Waals surface area contributed by atoms with Crippen molar-refractivity contribution in [2.75, 3.05) is 44.9 Å². The van der Waals surface area contributed by atoms with Crippen LogP contribution in [0.5, 0.6) is 0 Å². The Morgan fingerprint density at radius 1 is 1.48 bits per heavy atom. The molecular formula is C13H21N3O4S. The number of rotatable bonds is 5. The first kappa shape index (κ1) is 16.0. The maximum absolute atomic E-state index is 12.0. The largest absolute Gasteiger partial charge is 0.397 e. The number of nitrogens with zero attached hydrogens (tertiary/aromatic N) is 1. The molecule has 1 aliphatic rings. The lowest BCUT2D eigenvalue weighted by Gasteiger charge is -2.22. The van der Waals surface area contributed by atoms with E-state index in [1.165, 1.54) is 26.2 Å². The van der Waals surface area contributed by atoms with E-state index in [2.05, 4.69) is 5.32 Å². The molecule has 0 saturated carbocycles. The molecular weight excluding hydrogens is 294 g/mol. The predicted molar refractivity (Wildman–Crippen MR) is 80.6 cm³/mol. The van der Waals surface area contributed by atoms with Gasteiger partial charge in [0.05, 0.1) is 22.9 Å². The molecule has 1 saturated heterocycles. The zero-order valence-corrected chi connectivity index (χ0v) is 13.0. The van der Waals surface area contributed by atoms with E-state index in [1.54, 1.807) is 6.07 Å². The van der Waals surface area contributed by atoms with Gasteiger partial charge in [-0.1, -0.05) is 0 Å². The normalized spacial score (nSPS) is 22.7. The van der Waals surface area contributed by atoms with Crippen molar-refractivity contribution in [3.05, 3.63) is 18.2 Å². The Kier molecular flexibility index (Phi) is 4.43. The SMILES string of the molecule is CN(C)S(=O)(=O)c1ccc(NCC2(O)CCOC2)c(N)c1. The Labute approximate surface area is 124 Å². The Morgan fingerprint density at radius 2 is 2.19 bits per heavy atom. The van der Waals surface area contributed by atoms with Crippen LogP contribution in [0, 0.1) is 0 Å². The molecule has 2 rings (SSSR count). The number of aliphatic hydroxyl groups is 1. The van der Waals surface area contributed by atoms with Crippen molar-refractivity contribution in [1.29, 1.82) is 0 Å². The first-order valence-electron chi connectivity index (χ1n) is 6.61. The summed E-state index contributed by atoms with van der Waals surface area (Å²) in [6.45, 7) is 1.12. The van der Waals surface area contributed by atoms with Gasteiger partial charge in [-0.2, -0.15) is 0 Å². The van der Waals surface area contributed by atoms with Gasteiger partial charge in [0.25, 0.3) is 0 Å². The van der Waals surface area contributed by atoms with E-state index < -0.39 is 15.6 Å². The summed E-state index contributed by atoms with van der Waals surface area (Å²) in [6.07, 6.45) is 0.562. The fraction of sp³-hybridized carbons (Fsp3) is 0.538. The molecule has 1 fully saturated rings. The van der Waals surface area contributed by atoms with E-state index in [9.17, 15) is 13.5 Å². The molecule has 0 aliphatic carbocycles. The van der Waals surface area contributed by atoms with Crippen molar-refractivity contribution in [2.45, 2.75) is 16.9 Å². The number of ether oxygens (including phenoxy) is 1. The fourth-order valence-electron chi connectivity index (χ4n) is 2.07. The number of hydrogen-bond donors (Lipinski definition) is 3. The molecule has 4 N–H and O–H groups in total. The molecule has 0 amide bonds. The van der Waals surface area contributed by atoms with Gasteiger partial charge in [-0.25, -0.2) is 12.7 Å². The number of nitrogens with one attached hydrogen (secondary N) is 1. The molecule has 1 heterocycles. The first-order chi connectivity index (χ1) is 9.74. The van der Waals surface area contributed by atoms with Gasteiger partial charge in [0, 0.05) is 33.7 Å². The third kappa shape index (κ3) is 3.46. The summed E-state index contributed by atoms with van der Waals surface area (Å²) in [5.74, 6) is 0. The van der Waals surface area contributed by atoms with Crippen LogP contribution in [0.25, 0.3) is 0 Å². The lowest BCUT2D eigenvalue weighted by molar-refractivity contribution is 0.0382. The van der Waals surface area contributed by atoms with E-state index in [-0.39, 0.29) is 11.5 Å². The van der Waals surface area contributed by atoms with E-state index in [4.69, 9.17) is 10.5 Å². The van der Waals surface area contributed by atoms with Crippen LogP contribution in [0.15, 0.2) is 23.1 Å². The van der Waals surface area contributed by atoms with Gasteiger partial charge in [0.1, 0.15) is 5.60 Å². The quantitative estimate of drug-likeness (QED) is 0.665. The van der Waals surface area contributed by atoms with Crippen LogP contribution in [0.3, 0.4) is 0 Å². The lowest BCUT2D eigenvalue weighted by Crippen LogP contribution is -2.37. The van der Waals surface area contributed by atoms with Gasteiger partial charge in [-0.15, -0.1) is 0 Å². The minimum absolute atomic E-state index is 0.137. The zero-order valence-electron chi connectivity index (χ0n) is 12.2. The third-order valence-corrected chi connectivity index (χ3v) is 5.30. The molecule has 7 nitrogen and oxygen atoms in total. The van der Waals surface area contributed by atoms with E-state index >= 15 is 0 Å². The summed E-state index contributed by atoms with van der Waals surface area (Å²) >= 11 is 0.